The van der Waals surface area contributed by atoms with Gasteiger partial charge in [0.1, 0.15) is 0 Å². The highest BCUT2D eigenvalue weighted by molar-refractivity contribution is 5.26. The van der Waals surface area contributed by atoms with Gasteiger partial charge in [-0.15, -0.1) is 6.58 Å². The molecule has 3 nitrogen and oxygen atoms in total. The smallest absolute Gasteiger partial charge is 0.203 e. The van der Waals surface area contributed by atoms with Crippen LogP contribution in [0.25, 0.3) is 0 Å². The SMILES string of the molecule is C=CCNc1nccn1CC1CCCCC1C. The Kier molecular flexibility index (Phi) is 4.24. The lowest BCUT2D eigenvalue weighted by Gasteiger charge is -2.29. The van der Waals surface area contributed by atoms with E-state index in [1.807, 2.05) is 12.3 Å². The molecule has 1 aliphatic carbocycles. The Hall–Kier alpha value is -1.25. The molecule has 0 aliphatic heterocycles. The van der Waals surface area contributed by atoms with E-state index in [-0.39, 0.29) is 0 Å². The Morgan fingerprint density at radius 1 is 1.53 bits per heavy atom. The first-order chi connectivity index (χ1) is 8.31. The molecule has 17 heavy (non-hydrogen) atoms. The van der Waals surface area contributed by atoms with Crippen molar-refractivity contribution in [3.8, 4) is 0 Å². The summed E-state index contributed by atoms with van der Waals surface area (Å²) in [6.07, 6.45) is 11.4. The summed E-state index contributed by atoms with van der Waals surface area (Å²) in [4.78, 5) is 4.35. The van der Waals surface area contributed by atoms with Gasteiger partial charge in [-0.3, -0.25) is 0 Å². The summed E-state index contributed by atoms with van der Waals surface area (Å²) in [7, 11) is 0. The molecule has 2 atom stereocenters. The Morgan fingerprint density at radius 2 is 2.35 bits per heavy atom. The Balaban J connectivity index is 1.97. The van der Waals surface area contributed by atoms with Crippen molar-refractivity contribution in [3.05, 3.63) is 25.0 Å². The fourth-order valence-electron chi connectivity index (χ4n) is 2.70. The van der Waals surface area contributed by atoms with Gasteiger partial charge in [0, 0.05) is 25.5 Å². The van der Waals surface area contributed by atoms with Crippen molar-refractivity contribution in [2.24, 2.45) is 11.8 Å². The molecule has 3 heteroatoms. The van der Waals surface area contributed by atoms with Crippen LogP contribution in [0, 0.1) is 11.8 Å². The average Bonchev–Trinajstić information content (AvgIpc) is 2.77. The topological polar surface area (TPSA) is 29.9 Å². The number of aromatic nitrogens is 2. The lowest BCUT2D eigenvalue weighted by atomic mass is 9.80. The van der Waals surface area contributed by atoms with Crippen LogP contribution in [0.3, 0.4) is 0 Å². The van der Waals surface area contributed by atoms with E-state index >= 15 is 0 Å². The average molecular weight is 233 g/mol. The second-order valence-electron chi connectivity index (χ2n) is 5.09. The largest absolute Gasteiger partial charge is 0.352 e. The van der Waals surface area contributed by atoms with Gasteiger partial charge >= 0.3 is 0 Å². The molecule has 2 rings (SSSR count). The number of nitrogens with zero attached hydrogens (tertiary/aromatic N) is 2. The number of rotatable bonds is 5. The maximum absolute atomic E-state index is 4.35. The number of imidazole rings is 1. The number of nitrogens with one attached hydrogen (secondary N) is 1. The predicted octanol–water partition coefficient (Wildman–Crippen LogP) is 3.31. The second-order valence-corrected chi connectivity index (χ2v) is 5.09. The van der Waals surface area contributed by atoms with E-state index in [4.69, 9.17) is 0 Å². The zero-order valence-corrected chi connectivity index (χ0v) is 10.7. The van der Waals surface area contributed by atoms with Gasteiger partial charge in [-0.2, -0.15) is 0 Å². The molecule has 94 valence electrons. The third-order valence-electron chi connectivity index (χ3n) is 3.84. The minimum Gasteiger partial charge on any atom is -0.352 e. The number of anilines is 1. The van der Waals surface area contributed by atoms with Crippen molar-refractivity contribution >= 4 is 5.95 Å². The molecule has 0 saturated heterocycles. The van der Waals surface area contributed by atoms with Crippen LogP contribution in [0.5, 0.6) is 0 Å². The Labute approximate surface area is 104 Å². The summed E-state index contributed by atoms with van der Waals surface area (Å²) in [6, 6.07) is 0. The second kappa shape index (κ2) is 5.89. The molecule has 2 unspecified atom stereocenters. The molecule has 0 aromatic carbocycles. The van der Waals surface area contributed by atoms with Gasteiger partial charge < -0.3 is 9.88 Å². The number of hydrogen-bond donors (Lipinski definition) is 1. The molecule has 1 aliphatic rings. The summed E-state index contributed by atoms with van der Waals surface area (Å²) >= 11 is 0. The standard InChI is InChI=1S/C14H23N3/c1-3-8-15-14-16-9-10-17(14)11-13-7-5-4-6-12(13)2/h3,9-10,12-13H,1,4-8,11H2,2H3,(H,15,16). The van der Waals surface area contributed by atoms with E-state index in [2.05, 4.69) is 34.6 Å². The summed E-state index contributed by atoms with van der Waals surface area (Å²) in [6.45, 7) is 7.98. The predicted molar refractivity (Wildman–Crippen MR) is 72.0 cm³/mol. The summed E-state index contributed by atoms with van der Waals surface area (Å²) < 4.78 is 2.25. The quantitative estimate of drug-likeness (QED) is 0.791. The van der Waals surface area contributed by atoms with Crippen molar-refractivity contribution in [1.82, 2.24) is 9.55 Å². The normalized spacial score (nSPS) is 24.5. The van der Waals surface area contributed by atoms with Gasteiger partial charge in [-0.05, 0) is 18.3 Å². The van der Waals surface area contributed by atoms with Crippen LogP contribution in [-0.2, 0) is 6.54 Å². The van der Waals surface area contributed by atoms with Crippen LogP contribution in [-0.4, -0.2) is 16.1 Å². The Bertz CT molecular complexity index is 356. The van der Waals surface area contributed by atoms with E-state index < -0.39 is 0 Å². The van der Waals surface area contributed by atoms with Gasteiger partial charge in [0.15, 0.2) is 0 Å². The van der Waals surface area contributed by atoms with Crippen LogP contribution in [0.15, 0.2) is 25.0 Å². The van der Waals surface area contributed by atoms with E-state index in [1.165, 1.54) is 25.7 Å². The molecule has 1 saturated carbocycles. The molecule has 0 radical (unpaired) electrons. The molecule has 0 bridgehead atoms. The fourth-order valence-corrected chi connectivity index (χ4v) is 2.70. The first kappa shape index (κ1) is 12.2. The van der Waals surface area contributed by atoms with Crippen LogP contribution in [0.2, 0.25) is 0 Å². The van der Waals surface area contributed by atoms with Crippen LogP contribution in [0.1, 0.15) is 32.6 Å². The highest BCUT2D eigenvalue weighted by atomic mass is 15.2. The van der Waals surface area contributed by atoms with E-state index in [1.54, 1.807) is 0 Å². The summed E-state index contributed by atoms with van der Waals surface area (Å²) in [5.74, 6) is 2.63. The number of hydrogen-bond acceptors (Lipinski definition) is 2. The third kappa shape index (κ3) is 3.11. The van der Waals surface area contributed by atoms with E-state index in [0.717, 1.165) is 30.9 Å². The molecular weight excluding hydrogens is 210 g/mol. The van der Waals surface area contributed by atoms with Gasteiger partial charge in [0.05, 0.1) is 0 Å². The van der Waals surface area contributed by atoms with Gasteiger partial charge in [-0.1, -0.05) is 32.3 Å². The molecular formula is C14H23N3. The highest BCUT2D eigenvalue weighted by Crippen LogP contribution is 2.31. The first-order valence-corrected chi connectivity index (χ1v) is 6.67. The van der Waals surface area contributed by atoms with Crippen molar-refractivity contribution in [3.63, 3.8) is 0 Å². The molecule has 1 N–H and O–H groups in total. The third-order valence-corrected chi connectivity index (χ3v) is 3.84. The van der Waals surface area contributed by atoms with Crippen molar-refractivity contribution in [1.29, 1.82) is 0 Å². The minimum absolute atomic E-state index is 0.775. The van der Waals surface area contributed by atoms with E-state index in [9.17, 15) is 0 Å². The zero-order valence-electron chi connectivity index (χ0n) is 10.7. The van der Waals surface area contributed by atoms with Gasteiger partial charge in [0.2, 0.25) is 5.95 Å². The van der Waals surface area contributed by atoms with Crippen molar-refractivity contribution < 1.29 is 0 Å². The zero-order chi connectivity index (χ0) is 12.1. The fraction of sp³-hybridized carbons (Fsp3) is 0.643. The molecule has 0 spiro atoms. The summed E-state index contributed by atoms with van der Waals surface area (Å²) in [5, 5.41) is 3.28. The van der Waals surface area contributed by atoms with Gasteiger partial charge in [0.25, 0.3) is 0 Å². The lowest BCUT2D eigenvalue weighted by Crippen LogP contribution is -2.22. The summed E-state index contributed by atoms with van der Waals surface area (Å²) in [5.41, 5.74) is 0. The molecule has 1 aromatic rings. The molecule has 1 heterocycles. The van der Waals surface area contributed by atoms with Crippen molar-refractivity contribution in [2.45, 2.75) is 39.2 Å². The maximum atomic E-state index is 4.35. The van der Waals surface area contributed by atoms with Gasteiger partial charge in [-0.25, -0.2) is 4.98 Å². The first-order valence-electron chi connectivity index (χ1n) is 6.67. The van der Waals surface area contributed by atoms with Crippen LogP contribution >= 0.6 is 0 Å². The van der Waals surface area contributed by atoms with Crippen molar-refractivity contribution in [2.75, 3.05) is 11.9 Å². The molecule has 1 aromatic heterocycles. The maximum Gasteiger partial charge on any atom is 0.203 e. The Morgan fingerprint density at radius 3 is 3.12 bits per heavy atom. The molecule has 1 fully saturated rings. The van der Waals surface area contributed by atoms with E-state index in [0.29, 0.717) is 0 Å². The molecule has 0 amide bonds. The monoisotopic (exact) mass is 233 g/mol. The van der Waals surface area contributed by atoms with Crippen LogP contribution in [0.4, 0.5) is 5.95 Å². The highest BCUT2D eigenvalue weighted by Gasteiger charge is 2.22. The van der Waals surface area contributed by atoms with Crippen LogP contribution < -0.4 is 5.32 Å². The minimum atomic E-state index is 0.775. The lowest BCUT2D eigenvalue weighted by molar-refractivity contribution is 0.229.